The van der Waals surface area contributed by atoms with Gasteiger partial charge in [-0.25, -0.2) is 0 Å². The molecule has 1 aromatic heterocycles. The average Bonchev–Trinajstić information content (AvgIpc) is 3.03. The first-order valence-corrected chi connectivity index (χ1v) is 8.37. The first-order chi connectivity index (χ1) is 11.5. The van der Waals surface area contributed by atoms with E-state index in [1.165, 1.54) is 17.8 Å². The van der Waals surface area contributed by atoms with Gasteiger partial charge in [0.15, 0.2) is 5.16 Å². The zero-order valence-electron chi connectivity index (χ0n) is 12.7. The quantitative estimate of drug-likeness (QED) is 0.375. The lowest BCUT2D eigenvalue weighted by Crippen LogP contribution is -1.98. The van der Waals surface area contributed by atoms with Crippen LogP contribution < -0.4 is 0 Å². The van der Waals surface area contributed by atoms with Gasteiger partial charge in [-0.2, -0.15) is 0 Å². The molecule has 1 atom stereocenters. The molecule has 0 saturated heterocycles. The van der Waals surface area contributed by atoms with Crippen molar-refractivity contribution >= 4 is 29.1 Å². The van der Waals surface area contributed by atoms with Crippen molar-refractivity contribution in [2.24, 2.45) is 0 Å². The topological polar surface area (TPSA) is 73.8 Å². The highest BCUT2D eigenvalue weighted by Crippen LogP contribution is 2.35. The molecule has 24 heavy (non-hydrogen) atoms. The van der Waals surface area contributed by atoms with Crippen molar-refractivity contribution in [2.75, 3.05) is 0 Å². The lowest BCUT2D eigenvalue weighted by Gasteiger charge is -2.12. The van der Waals surface area contributed by atoms with E-state index in [9.17, 15) is 10.1 Å². The fourth-order valence-corrected chi connectivity index (χ4v) is 3.37. The van der Waals surface area contributed by atoms with E-state index in [1.54, 1.807) is 24.5 Å². The Labute approximate surface area is 147 Å². The SMILES string of the molecule is CC(Sc1nncn1-c1cccc(Cl)c1)c1cccc([N+](=O)[O-])c1. The van der Waals surface area contributed by atoms with E-state index in [0.29, 0.717) is 10.2 Å². The summed E-state index contributed by atoms with van der Waals surface area (Å²) in [4.78, 5) is 10.5. The van der Waals surface area contributed by atoms with Crippen molar-refractivity contribution in [2.45, 2.75) is 17.3 Å². The van der Waals surface area contributed by atoms with Gasteiger partial charge in [-0.1, -0.05) is 41.6 Å². The van der Waals surface area contributed by atoms with E-state index in [4.69, 9.17) is 11.6 Å². The van der Waals surface area contributed by atoms with Gasteiger partial charge in [0.1, 0.15) is 6.33 Å². The van der Waals surface area contributed by atoms with E-state index < -0.39 is 4.92 Å². The number of nitrogens with zero attached hydrogens (tertiary/aromatic N) is 4. The van der Waals surface area contributed by atoms with Gasteiger partial charge in [-0.05, 0) is 30.7 Å². The fraction of sp³-hybridized carbons (Fsp3) is 0.125. The van der Waals surface area contributed by atoms with Crippen LogP contribution in [0.2, 0.25) is 5.02 Å². The molecule has 0 amide bonds. The number of rotatable bonds is 5. The molecular formula is C16H13ClN4O2S. The van der Waals surface area contributed by atoms with Crippen LogP contribution in [-0.2, 0) is 0 Å². The Balaban J connectivity index is 1.86. The molecule has 0 radical (unpaired) electrons. The van der Waals surface area contributed by atoms with Gasteiger partial charge in [0, 0.05) is 22.4 Å². The van der Waals surface area contributed by atoms with Crippen LogP contribution in [0.1, 0.15) is 17.7 Å². The Hall–Kier alpha value is -2.38. The Morgan fingerprint density at radius 2 is 2.04 bits per heavy atom. The minimum absolute atomic E-state index is 0.0213. The standard InChI is InChI=1S/C16H13ClN4O2S/c1-11(12-4-2-7-15(8-12)21(22)23)24-16-19-18-10-20(16)14-6-3-5-13(17)9-14/h2-11H,1H3. The molecule has 0 N–H and O–H groups in total. The largest absolute Gasteiger partial charge is 0.277 e. The van der Waals surface area contributed by atoms with Crippen LogP contribution in [0.5, 0.6) is 0 Å². The summed E-state index contributed by atoms with van der Waals surface area (Å²) >= 11 is 7.51. The maximum atomic E-state index is 10.9. The first-order valence-electron chi connectivity index (χ1n) is 7.11. The molecule has 0 bridgehead atoms. The van der Waals surface area contributed by atoms with Gasteiger partial charge in [0.25, 0.3) is 5.69 Å². The van der Waals surface area contributed by atoms with Crippen molar-refractivity contribution in [3.8, 4) is 5.69 Å². The van der Waals surface area contributed by atoms with Crippen LogP contribution in [-0.4, -0.2) is 19.7 Å². The number of benzene rings is 2. The molecule has 1 unspecified atom stereocenters. The number of hydrogen-bond acceptors (Lipinski definition) is 5. The molecule has 0 aliphatic carbocycles. The van der Waals surface area contributed by atoms with E-state index in [-0.39, 0.29) is 10.9 Å². The molecule has 8 heteroatoms. The van der Waals surface area contributed by atoms with Crippen LogP contribution in [0.4, 0.5) is 5.69 Å². The summed E-state index contributed by atoms with van der Waals surface area (Å²) in [5.74, 6) is 0. The summed E-state index contributed by atoms with van der Waals surface area (Å²) in [5, 5.41) is 20.3. The summed E-state index contributed by atoms with van der Waals surface area (Å²) in [7, 11) is 0. The van der Waals surface area contributed by atoms with Gasteiger partial charge in [0.05, 0.1) is 10.6 Å². The lowest BCUT2D eigenvalue weighted by atomic mass is 10.1. The molecule has 1 heterocycles. The Kier molecular flexibility index (Phi) is 4.82. The average molecular weight is 361 g/mol. The minimum Gasteiger partial charge on any atom is -0.277 e. The molecule has 0 fully saturated rings. The molecule has 0 spiro atoms. The zero-order chi connectivity index (χ0) is 17.1. The van der Waals surface area contributed by atoms with Crippen molar-refractivity contribution in [3.63, 3.8) is 0 Å². The smallest absolute Gasteiger partial charge is 0.269 e. The van der Waals surface area contributed by atoms with Gasteiger partial charge >= 0.3 is 0 Å². The zero-order valence-corrected chi connectivity index (χ0v) is 14.2. The minimum atomic E-state index is -0.393. The summed E-state index contributed by atoms with van der Waals surface area (Å²) in [6, 6.07) is 14.0. The van der Waals surface area contributed by atoms with Crippen molar-refractivity contribution < 1.29 is 4.92 Å². The fourth-order valence-electron chi connectivity index (χ4n) is 2.23. The van der Waals surface area contributed by atoms with Crippen LogP contribution in [0.15, 0.2) is 60.0 Å². The summed E-state index contributed by atoms with van der Waals surface area (Å²) in [6.07, 6.45) is 1.62. The van der Waals surface area contributed by atoms with E-state index >= 15 is 0 Å². The van der Waals surface area contributed by atoms with Crippen molar-refractivity contribution in [1.29, 1.82) is 0 Å². The molecule has 0 saturated carbocycles. The van der Waals surface area contributed by atoms with Crippen molar-refractivity contribution in [1.82, 2.24) is 14.8 Å². The highest BCUT2D eigenvalue weighted by atomic mass is 35.5. The van der Waals surface area contributed by atoms with Crippen LogP contribution >= 0.6 is 23.4 Å². The van der Waals surface area contributed by atoms with Crippen LogP contribution in [0.3, 0.4) is 0 Å². The third kappa shape index (κ3) is 3.58. The second-order valence-corrected chi connectivity index (χ2v) is 6.82. The van der Waals surface area contributed by atoms with E-state index in [0.717, 1.165) is 11.3 Å². The molecule has 6 nitrogen and oxygen atoms in total. The van der Waals surface area contributed by atoms with E-state index in [1.807, 2.05) is 35.8 Å². The Bertz CT molecular complexity index is 884. The maximum absolute atomic E-state index is 10.9. The van der Waals surface area contributed by atoms with Crippen molar-refractivity contribution in [3.05, 3.63) is 75.6 Å². The summed E-state index contributed by atoms with van der Waals surface area (Å²) < 4.78 is 1.84. The normalized spacial score (nSPS) is 12.1. The second kappa shape index (κ2) is 7.02. The third-order valence-corrected chi connectivity index (χ3v) is 4.79. The highest BCUT2D eigenvalue weighted by Gasteiger charge is 2.16. The number of aromatic nitrogens is 3. The molecule has 3 rings (SSSR count). The molecule has 3 aromatic rings. The summed E-state index contributed by atoms with van der Waals surface area (Å²) in [5.41, 5.74) is 1.80. The monoisotopic (exact) mass is 360 g/mol. The van der Waals surface area contributed by atoms with Gasteiger partial charge < -0.3 is 0 Å². The highest BCUT2D eigenvalue weighted by molar-refractivity contribution is 7.99. The maximum Gasteiger partial charge on any atom is 0.269 e. The first kappa shape index (κ1) is 16.5. The molecular weight excluding hydrogens is 348 g/mol. The molecule has 2 aromatic carbocycles. The predicted molar refractivity (Wildman–Crippen MR) is 93.7 cm³/mol. The molecule has 122 valence electrons. The van der Waals surface area contributed by atoms with Gasteiger partial charge in [-0.15, -0.1) is 10.2 Å². The Morgan fingerprint density at radius 1 is 1.25 bits per heavy atom. The predicted octanol–water partition coefficient (Wildman–Crippen LogP) is 4.68. The number of halogens is 1. The number of thioether (sulfide) groups is 1. The second-order valence-electron chi connectivity index (χ2n) is 5.08. The van der Waals surface area contributed by atoms with Crippen LogP contribution in [0.25, 0.3) is 5.69 Å². The number of nitro groups is 1. The number of non-ortho nitro benzene ring substituents is 1. The Morgan fingerprint density at radius 3 is 2.79 bits per heavy atom. The van der Waals surface area contributed by atoms with Gasteiger partial charge in [0.2, 0.25) is 0 Å². The molecule has 0 aliphatic rings. The number of hydrogen-bond donors (Lipinski definition) is 0. The number of nitro benzene ring substituents is 1. The molecule has 0 aliphatic heterocycles. The van der Waals surface area contributed by atoms with Gasteiger partial charge in [-0.3, -0.25) is 14.7 Å². The third-order valence-electron chi connectivity index (χ3n) is 3.44. The summed E-state index contributed by atoms with van der Waals surface area (Å²) in [6.45, 7) is 1.97. The van der Waals surface area contributed by atoms with E-state index in [2.05, 4.69) is 10.2 Å². The lowest BCUT2D eigenvalue weighted by molar-refractivity contribution is -0.384. The van der Waals surface area contributed by atoms with Crippen LogP contribution in [0, 0.1) is 10.1 Å².